The van der Waals surface area contributed by atoms with E-state index in [1.807, 2.05) is 58.1 Å². The summed E-state index contributed by atoms with van der Waals surface area (Å²) < 4.78 is 23.8. The molecule has 370 valence electrons. The van der Waals surface area contributed by atoms with E-state index in [9.17, 15) is 39.3 Å². The number of aliphatic hydroxyl groups excluding tert-OH is 2. The number of amides is 1. The first-order valence-electron chi connectivity index (χ1n) is 23.4. The molecule has 2 saturated heterocycles. The van der Waals surface area contributed by atoms with Gasteiger partial charge in [0.1, 0.15) is 30.1 Å². The van der Waals surface area contributed by atoms with E-state index in [0.717, 1.165) is 18.4 Å². The minimum absolute atomic E-state index is 0. The van der Waals surface area contributed by atoms with E-state index >= 15 is 0 Å². The molecule has 4 rings (SSSR count). The van der Waals surface area contributed by atoms with Crippen LogP contribution in [0.3, 0.4) is 0 Å². The van der Waals surface area contributed by atoms with Gasteiger partial charge >= 0.3 is 5.97 Å². The SMILES string of the molecule is C.C.CO[C@H]1C[C@@H]2CC[C@@H](C)[C@@](O)(O2)C(=O)C(=O)N2CCCC[C@H]2C(=O)O[C@H]([C@H](C)CC2CCC(O)CC2)CC(=O)[C@H](C)/C=C(\C)[C@@H](O)[C@@H](OC)C(=O)[C@H](C)C[C@H](C)/C=C/C=C/C=C/1C. The Hall–Kier alpha value is -3.33. The molecular formula is C52H85NO12. The maximum absolute atomic E-state index is 14.3. The van der Waals surface area contributed by atoms with Crippen LogP contribution in [0.25, 0.3) is 0 Å². The number of carbonyl (C=O) groups excluding carboxylic acids is 5. The van der Waals surface area contributed by atoms with Crippen molar-refractivity contribution in [1.82, 2.24) is 4.90 Å². The number of fused-ring (bicyclic) bond motifs is 3. The molecule has 3 aliphatic heterocycles. The van der Waals surface area contributed by atoms with E-state index in [1.165, 1.54) is 12.0 Å². The fraction of sp³-hybridized carbons (Fsp3) is 0.750. The molecule has 65 heavy (non-hydrogen) atoms. The summed E-state index contributed by atoms with van der Waals surface area (Å²) in [5.74, 6) is -7.60. The third kappa shape index (κ3) is 15.6. The van der Waals surface area contributed by atoms with E-state index in [1.54, 1.807) is 34.0 Å². The van der Waals surface area contributed by atoms with Gasteiger partial charge in [0.15, 0.2) is 5.78 Å². The number of cyclic esters (lactones) is 1. The molecule has 1 aliphatic carbocycles. The largest absolute Gasteiger partial charge is 0.460 e. The Balaban J connectivity index is 0.00000726. The monoisotopic (exact) mass is 916 g/mol. The highest BCUT2D eigenvalue weighted by atomic mass is 16.6. The lowest BCUT2D eigenvalue weighted by Gasteiger charge is -2.42. The maximum atomic E-state index is 14.3. The Kier molecular flexibility index (Phi) is 23.9. The smallest absolute Gasteiger partial charge is 0.329 e. The lowest BCUT2D eigenvalue weighted by atomic mass is 9.79. The Morgan fingerprint density at radius 2 is 1.52 bits per heavy atom. The Bertz CT molecular complexity index is 1700. The van der Waals surface area contributed by atoms with Crippen LogP contribution in [0.1, 0.15) is 147 Å². The summed E-state index contributed by atoms with van der Waals surface area (Å²) in [5, 5.41) is 33.4. The van der Waals surface area contributed by atoms with Crippen LogP contribution in [0.2, 0.25) is 0 Å². The minimum Gasteiger partial charge on any atom is -0.460 e. The van der Waals surface area contributed by atoms with E-state index in [-0.39, 0.29) is 69.7 Å². The summed E-state index contributed by atoms with van der Waals surface area (Å²) in [6.07, 6.45) is 13.2. The Morgan fingerprint density at radius 1 is 0.846 bits per heavy atom. The second-order valence-corrected chi connectivity index (χ2v) is 19.2. The number of ketones is 3. The number of carbonyl (C=O) groups is 5. The molecule has 12 atom stereocenters. The predicted octanol–water partition coefficient (Wildman–Crippen LogP) is 7.83. The highest BCUT2D eigenvalue weighted by Gasteiger charge is 2.53. The van der Waals surface area contributed by atoms with Gasteiger partial charge < -0.3 is 39.2 Å². The van der Waals surface area contributed by atoms with Crippen molar-refractivity contribution in [2.45, 2.75) is 195 Å². The van der Waals surface area contributed by atoms with Crippen LogP contribution in [0.4, 0.5) is 0 Å². The first-order chi connectivity index (χ1) is 29.8. The number of rotatable bonds is 5. The average Bonchev–Trinajstić information content (AvgIpc) is 3.26. The number of piperidine rings is 1. The molecule has 1 saturated carbocycles. The van der Waals surface area contributed by atoms with Gasteiger partial charge in [-0.25, -0.2) is 4.79 Å². The highest BCUT2D eigenvalue weighted by Crippen LogP contribution is 2.37. The van der Waals surface area contributed by atoms with E-state index in [0.29, 0.717) is 63.4 Å². The van der Waals surface area contributed by atoms with Gasteiger partial charge in [0.25, 0.3) is 11.7 Å². The molecule has 13 heteroatoms. The van der Waals surface area contributed by atoms with Gasteiger partial charge in [-0.05, 0) is 113 Å². The van der Waals surface area contributed by atoms with E-state index in [2.05, 4.69) is 0 Å². The topological polar surface area (TPSA) is 186 Å². The molecule has 3 fully saturated rings. The number of methoxy groups -OCH3 is 2. The van der Waals surface area contributed by atoms with Crippen LogP contribution in [0, 0.1) is 35.5 Å². The molecule has 0 aromatic rings. The quantitative estimate of drug-likeness (QED) is 0.138. The van der Waals surface area contributed by atoms with Gasteiger partial charge in [0.05, 0.1) is 18.3 Å². The molecule has 0 radical (unpaired) electrons. The van der Waals surface area contributed by atoms with Gasteiger partial charge in [-0.3, -0.25) is 19.2 Å². The van der Waals surface area contributed by atoms with Crippen molar-refractivity contribution in [3.63, 3.8) is 0 Å². The number of allylic oxidation sites excluding steroid dienone is 6. The molecule has 0 aromatic heterocycles. The molecule has 13 nitrogen and oxygen atoms in total. The fourth-order valence-corrected chi connectivity index (χ4v) is 9.83. The van der Waals surface area contributed by atoms with E-state index in [4.69, 9.17) is 18.9 Å². The van der Waals surface area contributed by atoms with Gasteiger partial charge in [-0.15, -0.1) is 0 Å². The molecule has 1 amide bonds. The molecular weight excluding hydrogens is 831 g/mol. The summed E-state index contributed by atoms with van der Waals surface area (Å²) >= 11 is 0. The second kappa shape index (κ2) is 26.9. The molecule has 0 unspecified atom stereocenters. The summed E-state index contributed by atoms with van der Waals surface area (Å²) in [6, 6.07) is -1.11. The lowest BCUT2D eigenvalue weighted by Crippen LogP contribution is -2.61. The zero-order valence-electron chi connectivity index (χ0n) is 39.3. The van der Waals surface area contributed by atoms with Gasteiger partial charge in [-0.2, -0.15) is 0 Å². The van der Waals surface area contributed by atoms with Crippen molar-refractivity contribution in [1.29, 1.82) is 0 Å². The second-order valence-electron chi connectivity index (χ2n) is 19.2. The normalized spacial score (nSPS) is 38.9. The summed E-state index contributed by atoms with van der Waals surface area (Å²) in [7, 11) is 2.96. The lowest BCUT2D eigenvalue weighted by molar-refractivity contribution is -0.265. The summed E-state index contributed by atoms with van der Waals surface area (Å²) in [5.41, 5.74) is 1.29. The van der Waals surface area contributed by atoms with Crippen molar-refractivity contribution in [2.75, 3.05) is 20.8 Å². The van der Waals surface area contributed by atoms with Crippen LogP contribution in [0.15, 0.2) is 47.6 Å². The number of esters is 1. The van der Waals surface area contributed by atoms with Crippen LogP contribution < -0.4 is 0 Å². The first-order valence-corrected chi connectivity index (χ1v) is 23.4. The number of aliphatic hydroxyl groups is 3. The number of Topliss-reactive ketones (excluding diaryl/α,β-unsaturated/α-hetero) is 3. The fourth-order valence-electron chi connectivity index (χ4n) is 9.83. The van der Waals surface area contributed by atoms with Crippen LogP contribution in [0.5, 0.6) is 0 Å². The Morgan fingerprint density at radius 3 is 2.17 bits per heavy atom. The third-order valence-corrected chi connectivity index (χ3v) is 14.1. The zero-order chi connectivity index (χ0) is 46.6. The van der Waals surface area contributed by atoms with E-state index < -0.39 is 77.8 Å². The van der Waals surface area contributed by atoms with Crippen molar-refractivity contribution >= 4 is 29.2 Å². The molecule has 3 N–H and O–H groups in total. The van der Waals surface area contributed by atoms with Crippen LogP contribution in [-0.4, -0.2) is 119 Å². The number of hydrogen-bond acceptors (Lipinski definition) is 12. The molecule has 2 bridgehead atoms. The summed E-state index contributed by atoms with van der Waals surface area (Å²) in [6.45, 7) is 12.8. The van der Waals surface area contributed by atoms with Crippen molar-refractivity contribution < 1.29 is 58.2 Å². The van der Waals surface area contributed by atoms with Gasteiger partial charge in [-0.1, -0.05) is 85.9 Å². The molecule has 3 heterocycles. The third-order valence-electron chi connectivity index (χ3n) is 14.1. The standard InChI is InChI=1S/C50H77NO12.2CH4/c1-30-15-11-10-12-16-31(2)42(60-8)28-39-23-18-36(7)50(59,63-39)47(56)48(57)51-24-14-13-17-40(51)49(58)62-43(33(4)27-37-19-21-38(52)22-20-37)29-41(53)32(3)26-35(6)45(55)46(61-9)44(54)34(5)25-30;;/h10-12,15-16,26,30,32-34,36-40,42-43,45-46,52,55,59H,13-14,17-25,27-29H2,1-9H3;2*1H4/b12-10+,15-11+,31-16+,35-26+;;/t30-,32-,33-,34-,36-,37?,38?,39+,40+,42+,43+,45-,46+,50-;;/m1../s1. The number of nitrogens with zero attached hydrogens (tertiary/aromatic N) is 1. The number of ether oxygens (including phenoxy) is 4. The highest BCUT2D eigenvalue weighted by molar-refractivity contribution is 6.39. The van der Waals surface area contributed by atoms with Gasteiger partial charge in [0, 0.05) is 51.4 Å². The number of hydrogen-bond donors (Lipinski definition) is 3. The predicted molar refractivity (Wildman–Crippen MR) is 252 cm³/mol. The minimum atomic E-state index is -2.41. The molecule has 4 aliphatic rings. The van der Waals surface area contributed by atoms with Crippen molar-refractivity contribution in [3.05, 3.63) is 47.6 Å². The summed E-state index contributed by atoms with van der Waals surface area (Å²) in [4.78, 5) is 71.5. The van der Waals surface area contributed by atoms with Gasteiger partial charge in [0.2, 0.25) is 5.79 Å². The zero-order valence-corrected chi connectivity index (χ0v) is 39.3. The molecule has 0 aromatic carbocycles. The maximum Gasteiger partial charge on any atom is 0.329 e. The van der Waals surface area contributed by atoms with Crippen LogP contribution in [-0.2, 0) is 42.9 Å². The van der Waals surface area contributed by atoms with Crippen molar-refractivity contribution in [3.8, 4) is 0 Å². The Labute approximate surface area is 390 Å². The van der Waals surface area contributed by atoms with Crippen molar-refractivity contribution in [2.24, 2.45) is 35.5 Å². The average molecular weight is 916 g/mol. The van der Waals surface area contributed by atoms with Crippen LogP contribution >= 0.6 is 0 Å². The first kappa shape index (κ1) is 57.8. The molecule has 0 spiro atoms.